The van der Waals surface area contributed by atoms with E-state index in [0.717, 1.165) is 4.57 Å². The van der Waals surface area contributed by atoms with Crippen LogP contribution in [0.4, 0.5) is 4.79 Å². The molecule has 0 aliphatic carbocycles. The van der Waals surface area contributed by atoms with Gasteiger partial charge in [-0.3, -0.25) is 38.4 Å². The smallest absolute Gasteiger partial charge is 0.402 e. The molecule has 6 rings (SSSR count). The van der Waals surface area contributed by atoms with Gasteiger partial charge in [0.05, 0.1) is 29.8 Å². The van der Waals surface area contributed by atoms with Crippen molar-refractivity contribution in [1.82, 2.24) is 19.8 Å². The number of rotatable bonds is 3. The van der Waals surface area contributed by atoms with E-state index in [9.17, 15) is 34.0 Å². The number of fused-ring (bicyclic) bond motifs is 10. The van der Waals surface area contributed by atoms with E-state index in [4.69, 9.17) is 34.6 Å². The lowest BCUT2D eigenvalue weighted by molar-refractivity contribution is -0.136. The molecule has 4 aliphatic heterocycles. The number of phosphoric acid groups is 1. The molecule has 8 bridgehead atoms. The molecule has 3 amide bonds. The predicted molar refractivity (Wildman–Crippen MR) is 149 cm³/mol. The predicted octanol–water partition coefficient (Wildman–Crippen LogP) is 0.649. The third-order valence-electron chi connectivity index (χ3n) is 8.10. The third-order valence-corrected chi connectivity index (χ3v) is 9.83. The number of benzene rings is 1. The molecule has 2 aromatic rings. The molecule has 5 heterocycles. The van der Waals surface area contributed by atoms with Crippen LogP contribution in [0.25, 0.3) is 0 Å². The van der Waals surface area contributed by atoms with Crippen molar-refractivity contribution in [2.45, 2.75) is 63.1 Å². The van der Waals surface area contributed by atoms with Gasteiger partial charge in [-0.15, -0.1) is 0 Å². The molecule has 1 aromatic heterocycles. The number of carbonyl (C=O) groups excluding carboxylic acids is 2. The summed E-state index contributed by atoms with van der Waals surface area (Å²) in [5.41, 5.74) is -2.86. The molecule has 16 nitrogen and oxygen atoms in total. The molecule has 8 atom stereocenters. The van der Waals surface area contributed by atoms with Crippen molar-refractivity contribution >= 4 is 31.4 Å². The van der Waals surface area contributed by atoms with Crippen LogP contribution in [0.15, 0.2) is 40.1 Å². The zero-order chi connectivity index (χ0) is 31.4. The van der Waals surface area contributed by atoms with Crippen LogP contribution in [-0.2, 0) is 34.3 Å². The van der Waals surface area contributed by atoms with Crippen LogP contribution in [0.5, 0.6) is 5.75 Å². The van der Waals surface area contributed by atoms with Crippen LogP contribution in [0.1, 0.15) is 31.6 Å². The first-order valence-corrected chi connectivity index (χ1v) is 15.7. The fourth-order valence-corrected chi connectivity index (χ4v) is 7.41. The van der Waals surface area contributed by atoms with Crippen molar-refractivity contribution in [3.05, 3.63) is 61.9 Å². The maximum absolute atomic E-state index is 14.1. The summed E-state index contributed by atoms with van der Waals surface area (Å²) in [5, 5.41) is 23.2. The number of imide groups is 1. The maximum atomic E-state index is 14.1. The number of hydrogen-bond acceptors (Lipinski definition) is 12. The summed E-state index contributed by atoms with van der Waals surface area (Å²) < 4.78 is 44.2. The summed E-state index contributed by atoms with van der Waals surface area (Å²) in [6.45, 7) is 0.216. The van der Waals surface area contributed by atoms with Crippen LogP contribution in [-0.4, -0.2) is 87.0 Å². The Bertz CT molecular complexity index is 1630. The Labute approximate surface area is 254 Å². The van der Waals surface area contributed by atoms with Gasteiger partial charge in [-0.05, 0) is 25.5 Å². The first kappa shape index (κ1) is 30.9. The minimum absolute atomic E-state index is 0.0396. The van der Waals surface area contributed by atoms with E-state index >= 15 is 0 Å². The lowest BCUT2D eigenvalue weighted by Crippen LogP contribution is -2.62. The van der Waals surface area contributed by atoms with Gasteiger partial charge in [-0.2, -0.15) is 0 Å². The summed E-state index contributed by atoms with van der Waals surface area (Å²) in [5.74, 6) is -0.695. The molecule has 3 saturated heterocycles. The Kier molecular flexibility index (Phi) is 8.22. The average molecular weight is 657 g/mol. The quantitative estimate of drug-likeness (QED) is 0.336. The normalized spacial score (nSPS) is 35.7. The lowest BCUT2D eigenvalue weighted by atomic mass is 9.81. The Morgan fingerprint density at radius 1 is 1.14 bits per heavy atom. The number of carbonyl (C=O) groups is 2. The van der Waals surface area contributed by atoms with E-state index in [2.05, 4.69) is 10.3 Å². The topological polar surface area (TPSA) is 208 Å². The van der Waals surface area contributed by atoms with E-state index in [1.54, 1.807) is 19.1 Å². The minimum Gasteiger partial charge on any atom is -0.402 e. The molecule has 3 fully saturated rings. The number of ether oxygens (including phenoxy) is 2. The van der Waals surface area contributed by atoms with Crippen molar-refractivity contribution in [2.24, 2.45) is 5.41 Å². The molecular weight excluding hydrogens is 627 g/mol. The summed E-state index contributed by atoms with van der Waals surface area (Å²) in [6, 6.07) is 5.35. The summed E-state index contributed by atoms with van der Waals surface area (Å²) in [6.07, 6.45) is -5.79. The van der Waals surface area contributed by atoms with Crippen LogP contribution in [0.3, 0.4) is 0 Å². The van der Waals surface area contributed by atoms with Gasteiger partial charge in [0.25, 0.3) is 5.56 Å². The van der Waals surface area contributed by atoms with E-state index in [0.29, 0.717) is 0 Å². The minimum atomic E-state index is -4.62. The molecular formula is C26H30ClN4O12P. The highest BCUT2D eigenvalue weighted by atomic mass is 35.5. The second-order valence-corrected chi connectivity index (χ2v) is 13.3. The first-order chi connectivity index (χ1) is 20.9. The highest BCUT2D eigenvalue weighted by molar-refractivity contribution is 7.49. The fourth-order valence-electron chi connectivity index (χ4n) is 5.75. The van der Waals surface area contributed by atoms with Gasteiger partial charge in [0, 0.05) is 31.1 Å². The van der Waals surface area contributed by atoms with Gasteiger partial charge in [0.2, 0.25) is 5.91 Å². The number of nitrogens with one attached hydrogen (secondary N) is 2. The van der Waals surface area contributed by atoms with Crippen molar-refractivity contribution in [3.63, 3.8) is 0 Å². The molecule has 0 saturated carbocycles. The van der Waals surface area contributed by atoms with Crippen LogP contribution < -0.4 is 21.1 Å². The van der Waals surface area contributed by atoms with Crippen molar-refractivity contribution in [2.75, 3.05) is 19.8 Å². The number of aromatic amines is 1. The SMILES string of the molecule is C[C@@]12Cc3cn(c(=O)[nH]c3=O)[C@H]3C[C@H](O)[C@@H](COP(=O)(Oc4ccccc4Cl)O[C@H]4C[C@@H](O[C@@H]4CO)N(C1)C(=O)NC2=O)O3. The highest BCUT2D eigenvalue weighted by Crippen LogP contribution is 2.54. The van der Waals surface area contributed by atoms with Gasteiger partial charge in [0.1, 0.15) is 36.5 Å². The zero-order valence-corrected chi connectivity index (χ0v) is 24.9. The largest absolute Gasteiger partial charge is 0.530 e. The van der Waals surface area contributed by atoms with Gasteiger partial charge >= 0.3 is 19.5 Å². The van der Waals surface area contributed by atoms with Crippen LogP contribution in [0, 0.1) is 5.41 Å². The van der Waals surface area contributed by atoms with Crippen LogP contribution >= 0.6 is 19.4 Å². The van der Waals surface area contributed by atoms with E-state index in [-0.39, 0.29) is 42.1 Å². The number of amides is 3. The fraction of sp³-hybridized carbons (Fsp3) is 0.538. The van der Waals surface area contributed by atoms with E-state index < -0.39 is 86.5 Å². The number of urea groups is 1. The summed E-state index contributed by atoms with van der Waals surface area (Å²) >= 11 is 6.23. The zero-order valence-electron chi connectivity index (χ0n) is 23.3. The first-order valence-electron chi connectivity index (χ1n) is 13.8. The standard InChI is InChI=1S/C26H30ClN4O12P/c1-26-8-13-9-30(24(36)28-22(13)34)20-6-15(33)19(41-20)11-39-44(38,42-16-5-3-2-4-14(16)27)43-17-7-21(40-18(17)10-32)31(12-26)25(37)29-23(26)35/h2-5,9,15,17-21,32-33H,6-8,10-12H2,1H3,(H,28,34,36)(H,29,35,37)/t15-,17-,18+,19+,20+,21+,26+,44?/m0/s1. The van der Waals surface area contributed by atoms with Crippen molar-refractivity contribution < 1.29 is 47.4 Å². The third kappa shape index (κ3) is 5.84. The molecule has 44 heavy (non-hydrogen) atoms. The molecule has 4 aliphatic rings. The number of aliphatic hydroxyl groups is 2. The molecule has 1 unspecified atom stereocenters. The van der Waals surface area contributed by atoms with Crippen molar-refractivity contribution in [3.8, 4) is 5.75 Å². The summed E-state index contributed by atoms with van der Waals surface area (Å²) in [4.78, 5) is 55.1. The Hall–Kier alpha value is -3.08. The molecule has 1 aromatic carbocycles. The lowest BCUT2D eigenvalue weighted by Gasteiger charge is -2.41. The number of nitrogens with zero attached hydrogens (tertiary/aromatic N) is 2. The van der Waals surface area contributed by atoms with Gasteiger partial charge in [0.15, 0.2) is 0 Å². The maximum Gasteiger partial charge on any atom is 0.530 e. The number of aliphatic hydroxyl groups excluding tert-OH is 2. The second kappa shape index (κ2) is 11.7. The van der Waals surface area contributed by atoms with Gasteiger partial charge < -0.3 is 24.2 Å². The average Bonchev–Trinajstić information content (AvgIpc) is 3.54. The van der Waals surface area contributed by atoms with Crippen molar-refractivity contribution in [1.29, 1.82) is 0 Å². The number of para-hydroxylation sites is 1. The number of hydrogen-bond donors (Lipinski definition) is 4. The number of aromatic nitrogens is 2. The summed E-state index contributed by atoms with van der Waals surface area (Å²) in [7, 11) is -4.62. The molecule has 0 spiro atoms. The number of halogens is 1. The molecule has 238 valence electrons. The monoisotopic (exact) mass is 656 g/mol. The van der Waals surface area contributed by atoms with E-state index in [1.807, 2.05) is 0 Å². The van der Waals surface area contributed by atoms with Gasteiger partial charge in [-0.25, -0.2) is 14.2 Å². The molecule has 4 N–H and O–H groups in total. The molecule has 0 radical (unpaired) electrons. The Morgan fingerprint density at radius 2 is 1.91 bits per heavy atom. The Morgan fingerprint density at radius 3 is 2.66 bits per heavy atom. The number of H-pyrrole nitrogens is 1. The number of phosphoric ester groups is 1. The van der Waals surface area contributed by atoms with Crippen LogP contribution in [0.2, 0.25) is 5.02 Å². The second-order valence-electron chi connectivity index (χ2n) is 11.3. The molecule has 18 heteroatoms. The highest BCUT2D eigenvalue weighted by Gasteiger charge is 2.51. The Balaban J connectivity index is 1.41. The van der Waals surface area contributed by atoms with E-state index in [1.165, 1.54) is 23.2 Å². The van der Waals surface area contributed by atoms with Gasteiger partial charge in [-0.1, -0.05) is 23.7 Å².